The number of hydrogen-bond acceptors (Lipinski definition) is 2. The lowest BCUT2D eigenvalue weighted by Gasteiger charge is -2.17. The number of fused-ring (bicyclic) bond motifs is 1. The maximum atomic E-state index is 10.2. The van der Waals surface area contributed by atoms with Crippen LogP contribution in [0, 0.1) is 0 Å². The standard InChI is InChI=1S/C17H23NO/c1-3-6-13(2)18-12-17(19)16-10-9-14-7-4-5-8-15(14)11-16/h4-5,7-11,13,17-19H,3,6,12H2,1-2H3. The van der Waals surface area contributed by atoms with E-state index in [2.05, 4.69) is 43.4 Å². The van der Waals surface area contributed by atoms with Crippen molar-refractivity contribution in [3.63, 3.8) is 0 Å². The molecule has 0 saturated carbocycles. The number of hydrogen-bond donors (Lipinski definition) is 2. The smallest absolute Gasteiger partial charge is 0.0914 e. The lowest BCUT2D eigenvalue weighted by molar-refractivity contribution is 0.170. The van der Waals surface area contributed by atoms with Crippen LogP contribution in [0.15, 0.2) is 42.5 Å². The third-order valence-electron chi connectivity index (χ3n) is 3.54. The first kappa shape index (κ1) is 14.0. The zero-order chi connectivity index (χ0) is 13.7. The van der Waals surface area contributed by atoms with Crippen LogP contribution in [-0.2, 0) is 0 Å². The number of aliphatic hydroxyl groups is 1. The summed E-state index contributed by atoms with van der Waals surface area (Å²) in [6.45, 7) is 4.95. The second-order valence-corrected chi connectivity index (χ2v) is 5.22. The number of aliphatic hydroxyl groups excluding tert-OH is 1. The Balaban J connectivity index is 2.02. The highest BCUT2D eigenvalue weighted by Gasteiger charge is 2.09. The number of rotatable bonds is 6. The lowest BCUT2D eigenvalue weighted by Crippen LogP contribution is -2.30. The first-order chi connectivity index (χ1) is 9.20. The van der Waals surface area contributed by atoms with Crippen molar-refractivity contribution in [2.45, 2.75) is 38.8 Å². The Labute approximate surface area is 115 Å². The van der Waals surface area contributed by atoms with Crippen molar-refractivity contribution in [1.82, 2.24) is 5.32 Å². The van der Waals surface area contributed by atoms with Gasteiger partial charge in [-0.15, -0.1) is 0 Å². The van der Waals surface area contributed by atoms with Gasteiger partial charge in [0.25, 0.3) is 0 Å². The summed E-state index contributed by atoms with van der Waals surface area (Å²) in [5, 5.41) is 16.0. The predicted molar refractivity (Wildman–Crippen MR) is 81.3 cm³/mol. The van der Waals surface area contributed by atoms with E-state index in [0.29, 0.717) is 12.6 Å². The van der Waals surface area contributed by atoms with E-state index in [4.69, 9.17) is 0 Å². The zero-order valence-corrected chi connectivity index (χ0v) is 11.8. The molecule has 0 radical (unpaired) electrons. The van der Waals surface area contributed by atoms with Crippen molar-refractivity contribution in [2.75, 3.05) is 6.54 Å². The van der Waals surface area contributed by atoms with Crippen LogP contribution in [-0.4, -0.2) is 17.7 Å². The van der Waals surface area contributed by atoms with Crippen LogP contribution in [0.1, 0.15) is 38.4 Å². The van der Waals surface area contributed by atoms with Gasteiger partial charge in [0.1, 0.15) is 0 Å². The van der Waals surface area contributed by atoms with Crippen LogP contribution in [0.5, 0.6) is 0 Å². The van der Waals surface area contributed by atoms with Gasteiger partial charge in [-0.2, -0.15) is 0 Å². The molecule has 2 aromatic carbocycles. The average Bonchev–Trinajstić information content (AvgIpc) is 2.44. The van der Waals surface area contributed by atoms with Gasteiger partial charge in [0.2, 0.25) is 0 Å². The van der Waals surface area contributed by atoms with Crippen molar-refractivity contribution >= 4 is 10.8 Å². The Morgan fingerprint density at radius 3 is 2.58 bits per heavy atom. The van der Waals surface area contributed by atoms with Crippen LogP contribution in [0.3, 0.4) is 0 Å². The molecule has 102 valence electrons. The highest BCUT2D eigenvalue weighted by Crippen LogP contribution is 2.20. The van der Waals surface area contributed by atoms with Crippen molar-refractivity contribution < 1.29 is 5.11 Å². The van der Waals surface area contributed by atoms with E-state index in [1.165, 1.54) is 17.2 Å². The molecule has 0 bridgehead atoms. The molecule has 0 spiro atoms. The summed E-state index contributed by atoms with van der Waals surface area (Å²) >= 11 is 0. The fourth-order valence-corrected chi connectivity index (χ4v) is 2.38. The molecule has 0 aliphatic heterocycles. The van der Waals surface area contributed by atoms with Gasteiger partial charge in [-0.25, -0.2) is 0 Å². The number of benzene rings is 2. The Morgan fingerprint density at radius 2 is 1.84 bits per heavy atom. The van der Waals surface area contributed by atoms with Crippen LogP contribution in [0.25, 0.3) is 10.8 Å². The zero-order valence-electron chi connectivity index (χ0n) is 11.8. The van der Waals surface area contributed by atoms with E-state index in [1.807, 2.05) is 18.2 Å². The van der Waals surface area contributed by atoms with Gasteiger partial charge in [-0.1, -0.05) is 49.7 Å². The maximum absolute atomic E-state index is 10.2. The van der Waals surface area contributed by atoms with Gasteiger partial charge in [0, 0.05) is 12.6 Å². The molecule has 2 unspecified atom stereocenters. The van der Waals surface area contributed by atoms with Crippen LogP contribution >= 0.6 is 0 Å². The molecule has 0 fully saturated rings. The van der Waals surface area contributed by atoms with Gasteiger partial charge >= 0.3 is 0 Å². The van der Waals surface area contributed by atoms with Crippen molar-refractivity contribution in [3.8, 4) is 0 Å². The molecule has 0 saturated heterocycles. The normalized spacial score (nSPS) is 14.5. The molecule has 2 nitrogen and oxygen atoms in total. The average molecular weight is 257 g/mol. The van der Waals surface area contributed by atoms with Gasteiger partial charge in [0.05, 0.1) is 6.10 Å². The Hall–Kier alpha value is -1.38. The van der Waals surface area contributed by atoms with E-state index in [0.717, 1.165) is 12.0 Å². The molecule has 2 atom stereocenters. The largest absolute Gasteiger partial charge is 0.387 e. The molecule has 2 rings (SSSR count). The minimum absolute atomic E-state index is 0.441. The van der Waals surface area contributed by atoms with E-state index in [-0.39, 0.29) is 0 Å². The maximum Gasteiger partial charge on any atom is 0.0914 e. The summed E-state index contributed by atoms with van der Waals surface area (Å²) < 4.78 is 0. The van der Waals surface area contributed by atoms with E-state index < -0.39 is 6.10 Å². The predicted octanol–water partition coefficient (Wildman–Crippen LogP) is 3.65. The summed E-state index contributed by atoms with van der Waals surface area (Å²) in [6, 6.07) is 14.9. The number of nitrogens with one attached hydrogen (secondary N) is 1. The second kappa shape index (κ2) is 6.69. The molecule has 19 heavy (non-hydrogen) atoms. The SMILES string of the molecule is CCCC(C)NCC(O)c1ccc2ccccc2c1. The highest BCUT2D eigenvalue weighted by molar-refractivity contribution is 5.83. The third kappa shape index (κ3) is 3.79. The van der Waals surface area contributed by atoms with Gasteiger partial charge in [0.15, 0.2) is 0 Å². The summed E-state index contributed by atoms with van der Waals surface area (Å²) in [5.41, 5.74) is 0.981. The summed E-state index contributed by atoms with van der Waals surface area (Å²) in [7, 11) is 0. The fourth-order valence-electron chi connectivity index (χ4n) is 2.38. The van der Waals surface area contributed by atoms with E-state index >= 15 is 0 Å². The first-order valence-electron chi connectivity index (χ1n) is 7.11. The Kier molecular flexibility index (Phi) is 4.94. The van der Waals surface area contributed by atoms with Crippen molar-refractivity contribution in [1.29, 1.82) is 0 Å². The minimum Gasteiger partial charge on any atom is -0.387 e. The summed E-state index contributed by atoms with van der Waals surface area (Å²) in [4.78, 5) is 0. The quantitative estimate of drug-likeness (QED) is 0.828. The lowest BCUT2D eigenvalue weighted by atomic mass is 10.0. The van der Waals surface area contributed by atoms with E-state index in [1.54, 1.807) is 0 Å². The third-order valence-corrected chi connectivity index (χ3v) is 3.54. The molecule has 0 aromatic heterocycles. The van der Waals surface area contributed by atoms with Gasteiger partial charge in [-0.05, 0) is 35.7 Å². The molecule has 2 N–H and O–H groups in total. The fraction of sp³-hybridized carbons (Fsp3) is 0.412. The van der Waals surface area contributed by atoms with E-state index in [9.17, 15) is 5.11 Å². The molecule has 2 aromatic rings. The van der Waals surface area contributed by atoms with Crippen LogP contribution in [0.2, 0.25) is 0 Å². The molecule has 0 amide bonds. The molecule has 0 aliphatic rings. The summed E-state index contributed by atoms with van der Waals surface area (Å²) in [5.74, 6) is 0. The molecule has 0 heterocycles. The molecule has 2 heteroatoms. The van der Waals surface area contributed by atoms with Crippen LogP contribution < -0.4 is 5.32 Å². The Bertz CT molecular complexity index is 523. The van der Waals surface area contributed by atoms with Crippen molar-refractivity contribution in [3.05, 3.63) is 48.0 Å². The molecular weight excluding hydrogens is 234 g/mol. The molecule has 0 aliphatic carbocycles. The van der Waals surface area contributed by atoms with Crippen LogP contribution in [0.4, 0.5) is 0 Å². The first-order valence-corrected chi connectivity index (χ1v) is 7.11. The summed E-state index contributed by atoms with van der Waals surface area (Å²) in [6.07, 6.45) is 1.87. The van der Waals surface area contributed by atoms with Gasteiger partial charge in [-0.3, -0.25) is 0 Å². The highest BCUT2D eigenvalue weighted by atomic mass is 16.3. The van der Waals surface area contributed by atoms with Crippen molar-refractivity contribution in [2.24, 2.45) is 0 Å². The topological polar surface area (TPSA) is 32.3 Å². The monoisotopic (exact) mass is 257 g/mol. The Morgan fingerprint density at radius 1 is 1.11 bits per heavy atom. The molecular formula is C17H23NO. The minimum atomic E-state index is -0.441. The second-order valence-electron chi connectivity index (χ2n) is 5.22. The van der Waals surface area contributed by atoms with Gasteiger partial charge < -0.3 is 10.4 Å².